The number of benzene rings is 3. The molecule has 0 bridgehead atoms. The van der Waals surface area contributed by atoms with Crippen molar-refractivity contribution in [3.63, 3.8) is 0 Å². The van der Waals surface area contributed by atoms with Crippen LogP contribution in [-0.2, 0) is 15.1 Å². The number of hydrogen-bond acceptors (Lipinski definition) is 7. The summed E-state index contributed by atoms with van der Waals surface area (Å²) in [5, 5.41) is 15.7. The summed E-state index contributed by atoms with van der Waals surface area (Å²) in [5.41, 5.74) is 0.876. The first-order chi connectivity index (χ1) is 19.2. The molecule has 0 saturated carbocycles. The van der Waals surface area contributed by atoms with Crippen molar-refractivity contribution in [1.29, 1.82) is 0 Å². The van der Waals surface area contributed by atoms with Crippen LogP contribution in [0.25, 0.3) is 16.6 Å². The molecule has 2 fully saturated rings. The molecule has 10 nitrogen and oxygen atoms in total. The van der Waals surface area contributed by atoms with Crippen LogP contribution in [0.15, 0.2) is 71.5 Å². The van der Waals surface area contributed by atoms with Crippen LogP contribution in [0.4, 0.5) is 11.4 Å². The van der Waals surface area contributed by atoms with Gasteiger partial charge < -0.3 is 0 Å². The van der Waals surface area contributed by atoms with E-state index in [0.717, 1.165) is 4.90 Å². The number of aromatic nitrogens is 2. The number of anilines is 1. The summed E-state index contributed by atoms with van der Waals surface area (Å²) >= 11 is 0. The normalized spacial score (nSPS) is 24.7. The summed E-state index contributed by atoms with van der Waals surface area (Å²) in [4.78, 5) is 59.7. The lowest BCUT2D eigenvalue weighted by Crippen LogP contribution is -2.51. The smallest absolute Gasteiger partial charge is 0.271 e. The summed E-state index contributed by atoms with van der Waals surface area (Å²) < 4.78 is 1.56. The van der Waals surface area contributed by atoms with Crippen LogP contribution >= 0.6 is 0 Å². The zero-order valence-electron chi connectivity index (χ0n) is 22.0. The van der Waals surface area contributed by atoms with E-state index in [1.54, 1.807) is 41.8 Å². The Balaban J connectivity index is 1.52. The molecule has 2 amide bonds. The highest BCUT2D eigenvalue weighted by molar-refractivity contribution is 6.23. The van der Waals surface area contributed by atoms with Gasteiger partial charge in [0.25, 0.3) is 11.2 Å². The Hall–Kier alpha value is -4.70. The maximum absolute atomic E-state index is 14.5. The Morgan fingerprint density at radius 2 is 1.70 bits per heavy atom. The highest BCUT2D eigenvalue weighted by Gasteiger charge is 2.70. The monoisotopic (exact) mass is 535 g/mol. The van der Waals surface area contributed by atoms with Gasteiger partial charge in [-0.1, -0.05) is 50.2 Å². The van der Waals surface area contributed by atoms with Crippen molar-refractivity contribution in [3.05, 3.63) is 104 Å². The van der Waals surface area contributed by atoms with Gasteiger partial charge in [-0.3, -0.25) is 34.4 Å². The molecule has 0 aliphatic carbocycles. The number of hydrogen-bond donors (Lipinski definition) is 1. The minimum absolute atomic E-state index is 0.0526. The Morgan fingerprint density at radius 3 is 2.45 bits per heavy atom. The number of nitro benzene ring substituents is 1. The highest BCUT2D eigenvalue weighted by atomic mass is 16.6. The van der Waals surface area contributed by atoms with Gasteiger partial charge >= 0.3 is 0 Å². The van der Waals surface area contributed by atoms with E-state index < -0.39 is 40.2 Å². The van der Waals surface area contributed by atoms with Crippen LogP contribution in [0.3, 0.4) is 0 Å². The average Bonchev–Trinajstić information content (AvgIpc) is 3.53. The summed E-state index contributed by atoms with van der Waals surface area (Å²) in [7, 11) is 0. The third kappa shape index (κ3) is 2.91. The second-order valence-corrected chi connectivity index (χ2v) is 11.1. The molecule has 3 aliphatic rings. The molecule has 10 heteroatoms. The molecule has 3 aromatic carbocycles. The zero-order valence-corrected chi connectivity index (χ0v) is 22.0. The van der Waals surface area contributed by atoms with Crippen LogP contribution in [-0.4, -0.2) is 32.3 Å². The number of imide groups is 1. The molecule has 4 atom stereocenters. The molecule has 0 unspecified atom stereocenters. The van der Waals surface area contributed by atoms with Crippen molar-refractivity contribution in [2.75, 3.05) is 4.90 Å². The van der Waals surface area contributed by atoms with Crippen LogP contribution in [0.2, 0.25) is 0 Å². The van der Waals surface area contributed by atoms with Crippen molar-refractivity contribution < 1.29 is 14.5 Å². The number of non-ortho nitro benzene ring substituents is 1. The molecule has 2 saturated heterocycles. The molecule has 4 aromatic rings. The summed E-state index contributed by atoms with van der Waals surface area (Å²) in [6.07, 6.45) is 0. The number of fused-ring (bicyclic) bond motifs is 8. The largest absolute Gasteiger partial charge is 0.296 e. The van der Waals surface area contributed by atoms with E-state index in [1.807, 2.05) is 38.1 Å². The molecule has 7 rings (SSSR count). The first kappa shape index (κ1) is 24.3. The Morgan fingerprint density at radius 1 is 0.975 bits per heavy atom. The van der Waals surface area contributed by atoms with Gasteiger partial charge in [-0.2, -0.15) is 0 Å². The van der Waals surface area contributed by atoms with E-state index in [9.17, 15) is 24.5 Å². The molecular formula is C30H25N5O5. The number of nitrogens with zero attached hydrogens (tertiary/aromatic N) is 4. The van der Waals surface area contributed by atoms with Gasteiger partial charge in [0, 0.05) is 23.7 Å². The third-order valence-corrected chi connectivity index (χ3v) is 8.66. The molecule has 3 aliphatic heterocycles. The maximum Gasteiger partial charge on any atom is 0.271 e. The fourth-order valence-corrected chi connectivity index (χ4v) is 6.91. The Kier molecular flexibility index (Phi) is 4.96. The number of rotatable bonds is 3. The number of para-hydroxylation sites is 2. The first-order valence-electron chi connectivity index (χ1n) is 13.2. The van der Waals surface area contributed by atoms with Gasteiger partial charge in [0.1, 0.15) is 11.4 Å². The lowest BCUT2D eigenvalue weighted by Gasteiger charge is -2.32. The fraction of sp³-hybridized carbons (Fsp3) is 0.267. The predicted octanol–water partition coefficient (Wildman–Crippen LogP) is 3.59. The van der Waals surface area contributed by atoms with Crippen molar-refractivity contribution in [2.24, 2.45) is 17.8 Å². The molecule has 4 heterocycles. The van der Waals surface area contributed by atoms with Crippen molar-refractivity contribution in [2.45, 2.75) is 32.4 Å². The van der Waals surface area contributed by atoms with Gasteiger partial charge in [0.15, 0.2) is 0 Å². The maximum atomic E-state index is 14.5. The molecule has 0 radical (unpaired) electrons. The van der Waals surface area contributed by atoms with E-state index in [4.69, 9.17) is 4.98 Å². The van der Waals surface area contributed by atoms with Gasteiger partial charge in [0.05, 0.1) is 39.0 Å². The van der Waals surface area contributed by atoms with Crippen molar-refractivity contribution in [3.8, 4) is 5.69 Å². The molecule has 200 valence electrons. The van der Waals surface area contributed by atoms with E-state index in [0.29, 0.717) is 33.5 Å². The highest BCUT2D eigenvalue weighted by Crippen LogP contribution is 2.56. The topological polar surface area (TPSA) is 127 Å². The standard InChI is InChI=1S/C30H25N5O5/c1-15(2)25-23-24(28(38)33(27(23)37)22-14-17(35(39)40)13-12-16(22)3)30(32-25)19-9-5-7-11-21(19)34-26(36)18-8-4-6-10-20(18)31-29(30)34/h4-15,23-25,32H,1-3H3/t23-,24+,25-,30+/m0/s1. The van der Waals surface area contributed by atoms with Crippen LogP contribution in [0.1, 0.15) is 30.8 Å². The van der Waals surface area contributed by atoms with Crippen molar-refractivity contribution in [1.82, 2.24) is 14.9 Å². The lowest BCUT2D eigenvalue weighted by molar-refractivity contribution is -0.384. The number of carbonyl (C=O) groups excluding carboxylic acids is 2. The predicted molar refractivity (Wildman–Crippen MR) is 147 cm³/mol. The molecule has 1 spiro atoms. The number of carbonyl (C=O) groups is 2. The SMILES string of the molecule is Cc1ccc([N+](=O)[O-])cc1N1C(=O)[C@@H]2[C@H](C(C)C)N[C@]3(c4ccccc4-n4c3nc3ccccc3c4=O)[C@H]2C1=O. The van der Waals surface area contributed by atoms with Gasteiger partial charge in [-0.25, -0.2) is 9.88 Å². The minimum atomic E-state index is -1.25. The van der Waals surface area contributed by atoms with Crippen LogP contribution in [0, 0.1) is 34.8 Å². The third-order valence-electron chi connectivity index (χ3n) is 8.66. The van der Waals surface area contributed by atoms with Gasteiger partial charge in [0.2, 0.25) is 11.8 Å². The first-order valence-corrected chi connectivity index (χ1v) is 13.2. The molecule has 1 N–H and O–H groups in total. The fourth-order valence-electron chi connectivity index (χ4n) is 6.91. The summed E-state index contributed by atoms with van der Waals surface area (Å²) in [6, 6.07) is 18.2. The number of amides is 2. The molecule has 40 heavy (non-hydrogen) atoms. The second-order valence-electron chi connectivity index (χ2n) is 11.1. The lowest BCUT2D eigenvalue weighted by atomic mass is 9.75. The number of nitro groups is 1. The quantitative estimate of drug-likeness (QED) is 0.241. The second kappa shape index (κ2) is 8.15. The van der Waals surface area contributed by atoms with E-state index in [-0.39, 0.29) is 22.9 Å². The number of aryl methyl sites for hydroxylation is 1. The van der Waals surface area contributed by atoms with Crippen LogP contribution in [0.5, 0.6) is 0 Å². The molecular weight excluding hydrogens is 510 g/mol. The average molecular weight is 536 g/mol. The Bertz CT molecular complexity index is 1860. The Labute approximate surface area is 228 Å². The zero-order chi connectivity index (χ0) is 28.1. The van der Waals surface area contributed by atoms with Crippen LogP contribution < -0.4 is 15.8 Å². The molecule has 1 aromatic heterocycles. The summed E-state index contributed by atoms with van der Waals surface area (Å²) in [5.74, 6) is -2.26. The van der Waals surface area contributed by atoms with Gasteiger partial charge in [-0.15, -0.1) is 0 Å². The van der Waals surface area contributed by atoms with E-state index >= 15 is 0 Å². The summed E-state index contributed by atoms with van der Waals surface area (Å²) in [6.45, 7) is 5.68. The van der Waals surface area contributed by atoms with E-state index in [2.05, 4.69) is 5.32 Å². The number of nitrogens with one attached hydrogen (secondary N) is 1. The van der Waals surface area contributed by atoms with Gasteiger partial charge in [-0.05, 0) is 36.6 Å². The minimum Gasteiger partial charge on any atom is -0.296 e. The van der Waals surface area contributed by atoms with Crippen molar-refractivity contribution >= 4 is 34.1 Å². The van der Waals surface area contributed by atoms with E-state index in [1.165, 1.54) is 12.1 Å².